The van der Waals surface area contributed by atoms with Crippen molar-refractivity contribution in [3.63, 3.8) is 0 Å². The van der Waals surface area contributed by atoms with Gasteiger partial charge in [0, 0.05) is 23.1 Å². The number of nitrogens with one attached hydrogen (secondary N) is 1. The normalized spacial score (nSPS) is 20.4. The van der Waals surface area contributed by atoms with E-state index in [0.717, 1.165) is 35.0 Å². The maximum atomic E-state index is 12.6. The molecule has 2 atom stereocenters. The molecule has 0 unspecified atom stereocenters. The highest BCUT2D eigenvalue weighted by Crippen LogP contribution is 2.48. The third-order valence-electron chi connectivity index (χ3n) is 4.88. The molecule has 0 bridgehead atoms. The van der Waals surface area contributed by atoms with Crippen molar-refractivity contribution in [3.8, 4) is 0 Å². The quantitative estimate of drug-likeness (QED) is 0.701. The van der Waals surface area contributed by atoms with Gasteiger partial charge in [-0.25, -0.2) is 4.98 Å². The summed E-state index contributed by atoms with van der Waals surface area (Å²) in [6, 6.07) is 16.1. The molecule has 2 aliphatic rings. The number of carbonyl (C=O) groups is 1. The number of anilines is 1. The van der Waals surface area contributed by atoms with Crippen molar-refractivity contribution < 1.29 is 10.1 Å². The Bertz CT molecular complexity index is 998. The number of carbonyl (C=O) groups excluding carboxylic acids is 1. The molecule has 1 fully saturated rings. The summed E-state index contributed by atoms with van der Waals surface area (Å²) in [6.07, 6.45) is 0.921. The van der Waals surface area contributed by atoms with Gasteiger partial charge in [0.2, 0.25) is 5.91 Å². The number of hydrogen-bond acceptors (Lipinski definition) is 4. The summed E-state index contributed by atoms with van der Waals surface area (Å²) in [4.78, 5) is 21.5. The molecular formula is C20H17N4OS+. The molecule has 0 saturated heterocycles. The van der Waals surface area contributed by atoms with Gasteiger partial charge in [-0.15, -0.1) is 11.3 Å². The van der Waals surface area contributed by atoms with Crippen LogP contribution in [0.1, 0.15) is 23.6 Å². The van der Waals surface area contributed by atoms with Gasteiger partial charge < -0.3 is 5.32 Å². The first-order valence-electron chi connectivity index (χ1n) is 8.60. The SMILES string of the molecule is O=C(Nc1ccc2c(c1)[NH2+]C(c1cscn1)=N2)[C@@H]1C[C@H]1c1ccccc1. The number of amides is 1. The summed E-state index contributed by atoms with van der Waals surface area (Å²) in [5.74, 6) is 1.38. The van der Waals surface area contributed by atoms with Crippen molar-refractivity contribution >= 4 is 40.1 Å². The molecule has 2 aromatic carbocycles. The van der Waals surface area contributed by atoms with Gasteiger partial charge >= 0.3 is 0 Å². The Kier molecular flexibility index (Phi) is 3.65. The zero-order chi connectivity index (χ0) is 17.5. The smallest absolute Gasteiger partial charge is 0.257 e. The van der Waals surface area contributed by atoms with E-state index in [1.165, 1.54) is 5.56 Å². The second-order valence-electron chi connectivity index (χ2n) is 6.64. The number of fused-ring (bicyclic) bond motifs is 1. The lowest BCUT2D eigenvalue weighted by atomic mass is 10.1. The fourth-order valence-corrected chi connectivity index (χ4v) is 3.96. The number of hydrogen-bond donors (Lipinski definition) is 2. The first-order valence-corrected chi connectivity index (χ1v) is 9.54. The summed E-state index contributed by atoms with van der Waals surface area (Å²) >= 11 is 1.56. The van der Waals surface area contributed by atoms with E-state index >= 15 is 0 Å². The van der Waals surface area contributed by atoms with Crippen LogP contribution in [0.3, 0.4) is 0 Å². The maximum absolute atomic E-state index is 12.6. The lowest BCUT2D eigenvalue weighted by Gasteiger charge is -2.06. The lowest BCUT2D eigenvalue weighted by Crippen LogP contribution is -2.80. The van der Waals surface area contributed by atoms with E-state index in [1.807, 2.05) is 47.1 Å². The molecule has 0 radical (unpaired) electrons. The van der Waals surface area contributed by atoms with Crippen LogP contribution in [0, 0.1) is 5.92 Å². The van der Waals surface area contributed by atoms with Gasteiger partial charge in [-0.2, -0.15) is 4.99 Å². The molecule has 1 amide bonds. The highest BCUT2D eigenvalue weighted by molar-refractivity contribution is 7.07. The highest BCUT2D eigenvalue weighted by Gasteiger charge is 2.43. The van der Waals surface area contributed by atoms with Crippen LogP contribution in [0.2, 0.25) is 0 Å². The number of quaternary nitrogens is 1. The first kappa shape index (κ1) is 15.4. The van der Waals surface area contributed by atoms with Crippen LogP contribution >= 0.6 is 11.3 Å². The standard InChI is InChI=1S/C20H16N4OS/c25-20(15-9-14(15)12-4-2-1-3-5-12)22-13-6-7-16-17(8-13)24-19(23-16)18-10-26-11-21-18/h1-8,10-11,14-15H,9H2,(H,22,25)(H,23,24)/p+1/t14-,15+/m0/s1. The van der Waals surface area contributed by atoms with Crippen molar-refractivity contribution in [2.75, 3.05) is 5.32 Å². The van der Waals surface area contributed by atoms with Crippen LogP contribution in [-0.2, 0) is 4.79 Å². The Hall–Kier alpha value is -2.83. The third-order valence-corrected chi connectivity index (χ3v) is 5.46. The van der Waals surface area contributed by atoms with E-state index < -0.39 is 0 Å². The fraction of sp³-hybridized carbons (Fsp3) is 0.150. The van der Waals surface area contributed by atoms with E-state index in [0.29, 0.717) is 5.92 Å². The van der Waals surface area contributed by atoms with Gasteiger partial charge in [0.25, 0.3) is 5.84 Å². The van der Waals surface area contributed by atoms with Gasteiger partial charge in [-0.3, -0.25) is 10.1 Å². The molecule has 0 spiro atoms. The molecule has 3 aromatic rings. The fourth-order valence-electron chi connectivity index (χ4n) is 3.42. The Morgan fingerprint density at radius 2 is 2.08 bits per heavy atom. The van der Waals surface area contributed by atoms with Crippen molar-refractivity contribution in [1.29, 1.82) is 0 Å². The summed E-state index contributed by atoms with van der Waals surface area (Å²) in [5, 5.41) is 7.06. The summed E-state index contributed by atoms with van der Waals surface area (Å²) < 4.78 is 0. The van der Waals surface area contributed by atoms with E-state index in [-0.39, 0.29) is 11.8 Å². The molecule has 6 heteroatoms. The number of nitrogens with zero attached hydrogens (tertiary/aromatic N) is 2. The van der Waals surface area contributed by atoms with Gasteiger partial charge in [0.1, 0.15) is 5.69 Å². The van der Waals surface area contributed by atoms with Crippen LogP contribution in [0.4, 0.5) is 17.1 Å². The molecule has 2 heterocycles. The Morgan fingerprint density at radius 3 is 2.88 bits per heavy atom. The monoisotopic (exact) mass is 361 g/mol. The molecule has 5 rings (SSSR count). The number of thiazole rings is 1. The van der Waals surface area contributed by atoms with Crippen LogP contribution < -0.4 is 10.6 Å². The van der Waals surface area contributed by atoms with Crippen molar-refractivity contribution in [2.45, 2.75) is 12.3 Å². The predicted molar refractivity (Wildman–Crippen MR) is 102 cm³/mol. The Morgan fingerprint density at radius 1 is 1.19 bits per heavy atom. The van der Waals surface area contributed by atoms with Crippen LogP contribution in [0.15, 0.2) is 64.4 Å². The molecule has 128 valence electrons. The summed E-state index contributed by atoms with van der Waals surface area (Å²) in [7, 11) is 0. The number of aliphatic imine (C=N–C) groups is 1. The largest absolute Gasteiger partial charge is 0.326 e. The van der Waals surface area contributed by atoms with Crippen LogP contribution in [0.25, 0.3) is 0 Å². The third kappa shape index (κ3) is 2.83. The average molecular weight is 361 g/mol. The number of rotatable bonds is 4. The highest BCUT2D eigenvalue weighted by atomic mass is 32.1. The Labute approximate surface area is 154 Å². The Balaban J connectivity index is 1.26. The zero-order valence-electron chi connectivity index (χ0n) is 13.9. The van der Waals surface area contributed by atoms with Gasteiger partial charge in [0.05, 0.1) is 5.51 Å². The second kappa shape index (κ2) is 6.16. The van der Waals surface area contributed by atoms with E-state index in [1.54, 1.807) is 16.8 Å². The topological polar surface area (TPSA) is 71.0 Å². The van der Waals surface area contributed by atoms with E-state index in [2.05, 4.69) is 27.4 Å². The summed E-state index contributed by atoms with van der Waals surface area (Å²) in [6.45, 7) is 0. The minimum atomic E-state index is 0.0662. The zero-order valence-corrected chi connectivity index (χ0v) is 14.7. The van der Waals surface area contributed by atoms with Gasteiger partial charge in [0.15, 0.2) is 11.4 Å². The average Bonchev–Trinajstić information content (AvgIpc) is 3.08. The van der Waals surface area contributed by atoms with Crippen molar-refractivity contribution in [2.24, 2.45) is 10.9 Å². The van der Waals surface area contributed by atoms with Crippen LogP contribution in [-0.4, -0.2) is 16.7 Å². The number of benzene rings is 2. The van der Waals surface area contributed by atoms with E-state index in [4.69, 9.17) is 0 Å². The van der Waals surface area contributed by atoms with Crippen molar-refractivity contribution in [1.82, 2.24) is 4.98 Å². The molecule has 1 aliphatic heterocycles. The second-order valence-corrected chi connectivity index (χ2v) is 7.36. The maximum Gasteiger partial charge on any atom is 0.257 e. The number of aromatic nitrogens is 1. The molecule has 1 aliphatic carbocycles. The van der Waals surface area contributed by atoms with Crippen LogP contribution in [0.5, 0.6) is 0 Å². The molecule has 5 nitrogen and oxygen atoms in total. The van der Waals surface area contributed by atoms with Crippen molar-refractivity contribution in [3.05, 3.63) is 70.7 Å². The molecule has 3 N–H and O–H groups in total. The minimum Gasteiger partial charge on any atom is -0.326 e. The minimum absolute atomic E-state index is 0.0662. The molecule has 1 saturated carbocycles. The predicted octanol–water partition coefficient (Wildman–Crippen LogP) is 3.17. The van der Waals surface area contributed by atoms with Gasteiger partial charge in [-0.05, 0) is 30.0 Å². The molecule has 26 heavy (non-hydrogen) atoms. The number of amidine groups is 1. The lowest BCUT2D eigenvalue weighted by molar-refractivity contribution is -0.437. The number of nitrogens with two attached hydrogens (primary N) is 1. The first-order chi connectivity index (χ1) is 12.8. The van der Waals surface area contributed by atoms with E-state index in [9.17, 15) is 4.79 Å². The summed E-state index contributed by atoms with van der Waals surface area (Å²) in [5.41, 5.74) is 6.69. The molecule has 1 aromatic heterocycles. The van der Waals surface area contributed by atoms with Gasteiger partial charge in [-0.1, -0.05) is 30.3 Å². The molecular weight excluding hydrogens is 344 g/mol.